The molecule has 17 heavy (non-hydrogen) atoms. The van der Waals surface area contributed by atoms with Crippen LogP contribution < -0.4 is 10.5 Å². The van der Waals surface area contributed by atoms with Crippen molar-refractivity contribution in [3.05, 3.63) is 44.4 Å². The first-order valence-electron chi connectivity index (χ1n) is 4.61. The van der Waals surface area contributed by atoms with Crippen LogP contribution in [0.4, 0.5) is 5.69 Å². The summed E-state index contributed by atoms with van der Waals surface area (Å²) in [7, 11) is 0. The number of benzene rings is 1. The van der Waals surface area contributed by atoms with E-state index in [1.165, 1.54) is 0 Å². The molecule has 0 amide bonds. The highest BCUT2D eigenvalue weighted by Gasteiger charge is 2.09. The predicted molar refractivity (Wildman–Crippen MR) is 75.6 cm³/mol. The highest BCUT2D eigenvalue weighted by molar-refractivity contribution is 9.11. The fraction of sp³-hybridized carbons (Fsp3) is 0. The molecule has 0 bridgehead atoms. The molecule has 0 atom stereocenters. The number of hydrogen-bond acceptors (Lipinski definition) is 3. The van der Waals surface area contributed by atoms with E-state index in [9.17, 15) is 0 Å². The molecule has 3 nitrogen and oxygen atoms in total. The van der Waals surface area contributed by atoms with Gasteiger partial charge in [-0.3, -0.25) is 0 Å². The number of hydrogen-bond donors (Lipinski definition) is 1. The maximum Gasteiger partial charge on any atom is 0.238 e. The lowest BCUT2D eigenvalue weighted by atomic mass is 10.3. The van der Waals surface area contributed by atoms with E-state index in [2.05, 4.69) is 36.8 Å². The number of anilines is 1. The number of rotatable bonds is 2. The first-order chi connectivity index (χ1) is 8.08. The fourth-order valence-corrected chi connectivity index (χ4v) is 2.20. The van der Waals surface area contributed by atoms with Crippen LogP contribution in [-0.4, -0.2) is 4.98 Å². The summed E-state index contributed by atoms with van der Waals surface area (Å²) in [6.07, 6.45) is 1.61. The molecule has 1 aromatic carbocycles. The summed E-state index contributed by atoms with van der Waals surface area (Å²) >= 11 is 12.6. The third-order valence-corrected chi connectivity index (χ3v) is 3.53. The minimum atomic E-state index is 0.334. The first kappa shape index (κ1) is 12.7. The van der Waals surface area contributed by atoms with Gasteiger partial charge in [-0.25, -0.2) is 4.98 Å². The van der Waals surface area contributed by atoms with Gasteiger partial charge in [-0.1, -0.05) is 17.7 Å². The van der Waals surface area contributed by atoms with Crippen molar-refractivity contribution in [3.63, 3.8) is 0 Å². The van der Waals surface area contributed by atoms with E-state index in [0.717, 1.165) is 4.47 Å². The second kappa shape index (κ2) is 5.25. The molecule has 1 aromatic heterocycles. The van der Waals surface area contributed by atoms with Crippen molar-refractivity contribution in [2.24, 2.45) is 0 Å². The molecule has 0 aliphatic heterocycles. The predicted octanol–water partition coefficient (Wildman–Crippen LogP) is 4.63. The van der Waals surface area contributed by atoms with Gasteiger partial charge in [0.1, 0.15) is 10.8 Å². The zero-order valence-corrected chi connectivity index (χ0v) is 12.4. The van der Waals surface area contributed by atoms with Crippen LogP contribution in [0.25, 0.3) is 0 Å². The smallest absolute Gasteiger partial charge is 0.238 e. The Bertz CT molecular complexity index is 563. The Morgan fingerprint density at radius 3 is 2.76 bits per heavy atom. The van der Waals surface area contributed by atoms with Gasteiger partial charge in [0, 0.05) is 16.4 Å². The van der Waals surface area contributed by atoms with Crippen LogP contribution in [0.5, 0.6) is 11.6 Å². The Labute approximate surface area is 120 Å². The molecule has 0 aliphatic carbocycles. The molecular weight excluding hydrogens is 371 g/mol. The Morgan fingerprint density at radius 1 is 1.29 bits per heavy atom. The van der Waals surface area contributed by atoms with Gasteiger partial charge < -0.3 is 10.5 Å². The molecular formula is C11H7Br2ClN2O. The number of ether oxygens (including phenoxy) is 1. The van der Waals surface area contributed by atoms with Gasteiger partial charge in [-0.15, -0.1) is 0 Å². The van der Waals surface area contributed by atoms with Gasteiger partial charge in [0.2, 0.25) is 5.88 Å². The lowest BCUT2D eigenvalue weighted by Crippen LogP contribution is -1.93. The van der Waals surface area contributed by atoms with Crippen molar-refractivity contribution in [2.75, 3.05) is 5.73 Å². The molecule has 0 aliphatic rings. The second-order valence-corrected chi connectivity index (χ2v) is 5.32. The third kappa shape index (κ3) is 2.91. The number of nitrogens with two attached hydrogens (primary N) is 1. The van der Waals surface area contributed by atoms with Crippen molar-refractivity contribution in [2.45, 2.75) is 0 Å². The number of halogens is 3. The summed E-state index contributed by atoms with van der Waals surface area (Å²) < 4.78 is 7.06. The van der Waals surface area contributed by atoms with E-state index in [-0.39, 0.29) is 0 Å². The fourth-order valence-electron chi connectivity index (χ4n) is 1.19. The molecule has 0 saturated carbocycles. The zero-order chi connectivity index (χ0) is 12.4. The van der Waals surface area contributed by atoms with Gasteiger partial charge in [0.05, 0.1) is 4.47 Å². The van der Waals surface area contributed by atoms with Crippen LogP contribution in [0.1, 0.15) is 0 Å². The van der Waals surface area contributed by atoms with Crippen molar-refractivity contribution >= 4 is 49.1 Å². The van der Waals surface area contributed by atoms with Gasteiger partial charge in [-0.2, -0.15) is 0 Å². The maximum absolute atomic E-state index is 6.01. The Morgan fingerprint density at radius 2 is 2.06 bits per heavy atom. The van der Waals surface area contributed by atoms with Crippen molar-refractivity contribution in [3.8, 4) is 11.6 Å². The van der Waals surface area contributed by atoms with Crippen LogP contribution in [0, 0.1) is 0 Å². The quantitative estimate of drug-likeness (QED) is 0.775. The lowest BCUT2D eigenvalue weighted by Gasteiger charge is -2.09. The van der Waals surface area contributed by atoms with E-state index >= 15 is 0 Å². The van der Waals surface area contributed by atoms with Crippen LogP contribution in [-0.2, 0) is 0 Å². The number of nitrogens with zero attached hydrogens (tertiary/aromatic N) is 1. The highest BCUT2D eigenvalue weighted by Crippen LogP contribution is 2.35. The molecule has 88 valence electrons. The van der Waals surface area contributed by atoms with Crippen LogP contribution in [0.3, 0.4) is 0 Å². The van der Waals surface area contributed by atoms with E-state index in [1.807, 2.05) is 0 Å². The molecule has 6 heteroatoms. The van der Waals surface area contributed by atoms with E-state index in [4.69, 9.17) is 22.1 Å². The van der Waals surface area contributed by atoms with Crippen LogP contribution >= 0.6 is 43.5 Å². The van der Waals surface area contributed by atoms with Crippen LogP contribution in [0.2, 0.25) is 5.02 Å². The molecule has 0 fully saturated rings. The molecule has 0 spiro atoms. The molecule has 0 radical (unpaired) electrons. The number of nitrogen functional groups attached to an aromatic ring is 1. The van der Waals surface area contributed by atoms with E-state index in [0.29, 0.717) is 26.8 Å². The largest absolute Gasteiger partial charge is 0.436 e. The monoisotopic (exact) mass is 376 g/mol. The summed E-state index contributed by atoms with van der Waals surface area (Å²) in [6.45, 7) is 0. The summed E-state index contributed by atoms with van der Waals surface area (Å²) in [5.41, 5.74) is 6.34. The molecule has 1 heterocycles. The minimum absolute atomic E-state index is 0.334. The third-order valence-electron chi connectivity index (χ3n) is 1.97. The highest BCUT2D eigenvalue weighted by atomic mass is 79.9. The molecule has 2 aromatic rings. The van der Waals surface area contributed by atoms with Gasteiger partial charge in [-0.05, 0) is 50.1 Å². The van der Waals surface area contributed by atoms with E-state index in [1.54, 1.807) is 30.5 Å². The maximum atomic E-state index is 6.01. The molecule has 2 rings (SSSR count). The normalized spacial score (nSPS) is 10.3. The summed E-state index contributed by atoms with van der Waals surface area (Å²) in [5.74, 6) is 0.905. The van der Waals surface area contributed by atoms with Crippen molar-refractivity contribution in [1.29, 1.82) is 0 Å². The van der Waals surface area contributed by atoms with Crippen molar-refractivity contribution < 1.29 is 4.74 Å². The van der Waals surface area contributed by atoms with E-state index < -0.39 is 0 Å². The molecule has 0 saturated heterocycles. The Balaban J connectivity index is 2.35. The molecule has 2 N–H and O–H groups in total. The average molecular weight is 378 g/mol. The lowest BCUT2D eigenvalue weighted by molar-refractivity contribution is 0.460. The number of pyridine rings is 1. The summed E-state index contributed by atoms with van der Waals surface area (Å²) in [4.78, 5) is 4.08. The summed E-state index contributed by atoms with van der Waals surface area (Å²) in [6, 6.07) is 7.06. The zero-order valence-electron chi connectivity index (χ0n) is 8.45. The average Bonchev–Trinajstić information content (AvgIpc) is 2.28. The van der Waals surface area contributed by atoms with Gasteiger partial charge in [0.25, 0.3) is 0 Å². The van der Waals surface area contributed by atoms with Gasteiger partial charge >= 0.3 is 0 Å². The summed E-state index contributed by atoms with van der Waals surface area (Å²) in [5, 5.41) is 0.425. The minimum Gasteiger partial charge on any atom is -0.436 e. The first-order valence-corrected chi connectivity index (χ1v) is 6.57. The molecule has 0 unspecified atom stereocenters. The second-order valence-electron chi connectivity index (χ2n) is 3.20. The van der Waals surface area contributed by atoms with Gasteiger partial charge in [0.15, 0.2) is 0 Å². The standard InChI is InChI=1S/C11H7Br2ClN2O/c12-6-4-7(14)11(16-5-6)17-9-3-1-2-8(15)10(9)13/h1-5H,15H2. The van der Waals surface area contributed by atoms with Crippen molar-refractivity contribution in [1.82, 2.24) is 4.98 Å². The topological polar surface area (TPSA) is 48.1 Å². The van der Waals surface area contributed by atoms with Crippen LogP contribution in [0.15, 0.2) is 39.4 Å². The number of aromatic nitrogens is 1. The SMILES string of the molecule is Nc1cccc(Oc2ncc(Br)cc2Cl)c1Br. The Kier molecular flexibility index (Phi) is 3.91. The Hall–Kier alpha value is -0.780.